The highest BCUT2D eigenvalue weighted by atomic mass is 16.3. The minimum atomic E-state index is -0.217. The Balaban J connectivity index is 1.81. The molecule has 0 aromatic rings. The van der Waals surface area contributed by atoms with E-state index in [9.17, 15) is 15.3 Å². The van der Waals surface area contributed by atoms with Gasteiger partial charge < -0.3 is 15.3 Å². The normalized spacial score (nSPS) is 56.9. The summed E-state index contributed by atoms with van der Waals surface area (Å²) in [4.78, 5) is 0. The summed E-state index contributed by atoms with van der Waals surface area (Å²) in [6.45, 7) is 7.17. The molecule has 0 radical (unpaired) electrons. The fourth-order valence-corrected chi connectivity index (χ4v) is 7.31. The molecule has 4 rings (SSSR count). The first-order chi connectivity index (χ1) is 11.2. The molecule has 136 valence electrons. The van der Waals surface area contributed by atoms with Crippen molar-refractivity contribution in [3.63, 3.8) is 0 Å². The summed E-state index contributed by atoms with van der Waals surface area (Å²) in [7, 11) is 0. The molecule has 4 aliphatic rings. The summed E-state index contributed by atoms with van der Waals surface area (Å²) in [6, 6.07) is 0. The van der Waals surface area contributed by atoms with Gasteiger partial charge in [0.1, 0.15) is 0 Å². The number of hydrogen-bond acceptors (Lipinski definition) is 3. The maximum absolute atomic E-state index is 10.4. The molecule has 0 spiro atoms. The van der Waals surface area contributed by atoms with Crippen molar-refractivity contribution < 1.29 is 15.3 Å². The molecule has 24 heavy (non-hydrogen) atoms. The molecule has 0 aromatic heterocycles. The Morgan fingerprint density at radius 1 is 1.04 bits per heavy atom. The van der Waals surface area contributed by atoms with Gasteiger partial charge in [-0.05, 0) is 73.5 Å². The quantitative estimate of drug-likeness (QED) is 0.645. The van der Waals surface area contributed by atoms with Crippen LogP contribution in [0.1, 0.15) is 65.7 Å². The maximum Gasteiger partial charge on any atom is 0.0577 e. The van der Waals surface area contributed by atoms with E-state index in [1.54, 1.807) is 0 Å². The van der Waals surface area contributed by atoms with Gasteiger partial charge in [0.25, 0.3) is 0 Å². The van der Waals surface area contributed by atoms with Crippen LogP contribution >= 0.6 is 0 Å². The second kappa shape index (κ2) is 5.31. The summed E-state index contributed by atoms with van der Waals surface area (Å²) in [5.74, 6) is 1.53. The van der Waals surface area contributed by atoms with Crippen molar-refractivity contribution in [2.75, 3.05) is 6.61 Å². The van der Waals surface area contributed by atoms with Gasteiger partial charge in [0, 0.05) is 5.41 Å². The second-order valence-electron chi connectivity index (χ2n) is 10.2. The van der Waals surface area contributed by atoms with Crippen LogP contribution in [0.15, 0.2) is 11.6 Å². The molecule has 3 N–H and O–H groups in total. The van der Waals surface area contributed by atoms with Crippen molar-refractivity contribution in [3.8, 4) is 0 Å². The molecule has 4 aliphatic carbocycles. The number of aliphatic hydroxyl groups is 3. The van der Waals surface area contributed by atoms with E-state index in [0.29, 0.717) is 17.8 Å². The van der Waals surface area contributed by atoms with Gasteiger partial charge in [-0.1, -0.05) is 32.4 Å². The average molecular weight is 334 g/mol. The molecule has 0 heterocycles. The number of hydrogen-bond donors (Lipinski definition) is 3. The van der Waals surface area contributed by atoms with Crippen LogP contribution < -0.4 is 0 Å². The third-order valence-electron chi connectivity index (χ3n) is 8.63. The molecule has 0 bridgehead atoms. The van der Waals surface area contributed by atoms with E-state index in [0.717, 1.165) is 32.1 Å². The average Bonchev–Trinajstić information content (AvgIpc) is 2.83. The van der Waals surface area contributed by atoms with Gasteiger partial charge in [0.15, 0.2) is 0 Å². The topological polar surface area (TPSA) is 60.7 Å². The van der Waals surface area contributed by atoms with Crippen molar-refractivity contribution in [1.29, 1.82) is 0 Å². The van der Waals surface area contributed by atoms with Crippen molar-refractivity contribution in [2.24, 2.45) is 34.0 Å². The minimum absolute atomic E-state index is 0.173. The van der Waals surface area contributed by atoms with Crippen LogP contribution in [-0.4, -0.2) is 34.1 Å². The van der Waals surface area contributed by atoms with Crippen LogP contribution in [0.2, 0.25) is 0 Å². The molecule has 4 unspecified atom stereocenters. The Labute approximate surface area is 146 Å². The van der Waals surface area contributed by atoms with E-state index in [2.05, 4.69) is 26.8 Å². The molecule has 0 aromatic carbocycles. The molecule has 0 saturated heterocycles. The zero-order valence-electron chi connectivity index (χ0n) is 15.5. The number of fused-ring (bicyclic) bond motifs is 5. The first-order valence-electron chi connectivity index (χ1n) is 9.91. The number of rotatable bonds is 1. The van der Waals surface area contributed by atoms with E-state index in [4.69, 9.17) is 0 Å². The molecule has 0 amide bonds. The second-order valence-corrected chi connectivity index (χ2v) is 10.2. The van der Waals surface area contributed by atoms with E-state index >= 15 is 0 Å². The Morgan fingerprint density at radius 2 is 1.79 bits per heavy atom. The molecule has 3 heteroatoms. The zero-order valence-corrected chi connectivity index (χ0v) is 15.5. The largest absolute Gasteiger partial charge is 0.395 e. The molecule has 3 saturated carbocycles. The lowest BCUT2D eigenvalue weighted by atomic mass is 9.43. The van der Waals surface area contributed by atoms with Crippen LogP contribution in [0.25, 0.3) is 0 Å². The zero-order chi connectivity index (χ0) is 17.3. The molecule has 0 aliphatic heterocycles. The van der Waals surface area contributed by atoms with Crippen LogP contribution in [0.3, 0.4) is 0 Å². The van der Waals surface area contributed by atoms with Gasteiger partial charge in [0.2, 0.25) is 0 Å². The van der Waals surface area contributed by atoms with E-state index in [1.165, 1.54) is 18.4 Å². The van der Waals surface area contributed by atoms with Crippen molar-refractivity contribution in [3.05, 3.63) is 11.6 Å². The van der Waals surface area contributed by atoms with Crippen LogP contribution in [0, 0.1) is 34.0 Å². The van der Waals surface area contributed by atoms with E-state index < -0.39 is 0 Å². The van der Waals surface area contributed by atoms with Crippen LogP contribution in [0.5, 0.6) is 0 Å². The van der Waals surface area contributed by atoms with Crippen LogP contribution in [0.4, 0.5) is 0 Å². The van der Waals surface area contributed by atoms with Gasteiger partial charge in [-0.3, -0.25) is 0 Å². The van der Waals surface area contributed by atoms with Gasteiger partial charge in [-0.15, -0.1) is 0 Å². The molecule has 3 nitrogen and oxygen atoms in total. The minimum Gasteiger partial charge on any atom is -0.395 e. The summed E-state index contributed by atoms with van der Waals surface area (Å²) in [5.41, 5.74) is 1.58. The summed E-state index contributed by atoms with van der Waals surface area (Å²) in [5, 5.41) is 30.9. The van der Waals surface area contributed by atoms with Gasteiger partial charge >= 0.3 is 0 Å². The fourth-order valence-electron chi connectivity index (χ4n) is 7.31. The highest BCUT2D eigenvalue weighted by molar-refractivity contribution is 5.30. The third kappa shape index (κ3) is 2.20. The smallest absolute Gasteiger partial charge is 0.0577 e. The van der Waals surface area contributed by atoms with E-state index in [-0.39, 0.29) is 35.1 Å². The van der Waals surface area contributed by atoms with Gasteiger partial charge in [-0.25, -0.2) is 0 Å². The summed E-state index contributed by atoms with van der Waals surface area (Å²) >= 11 is 0. The lowest BCUT2D eigenvalue weighted by Crippen LogP contribution is -2.56. The summed E-state index contributed by atoms with van der Waals surface area (Å²) in [6.07, 6.45) is 8.91. The van der Waals surface area contributed by atoms with Crippen molar-refractivity contribution >= 4 is 0 Å². The Bertz CT molecular complexity index is 557. The molecular formula is C21H34O3. The van der Waals surface area contributed by atoms with E-state index in [1.807, 2.05) is 0 Å². The lowest BCUT2D eigenvalue weighted by molar-refractivity contribution is -0.0975. The third-order valence-corrected chi connectivity index (χ3v) is 8.63. The van der Waals surface area contributed by atoms with Crippen LogP contribution in [-0.2, 0) is 0 Å². The van der Waals surface area contributed by atoms with Crippen molar-refractivity contribution in [1.82, 2.24) is 0 Å². The molecule has 3 fully saturated rings. The first-order valence-corrected chi connectivity index (χ1v) is 9.91. The predicted molar refractivity (Wildman–Crippen MR) is 94.3 cm³/mol. The molecular weight excluding hydrogens is 300 g/mol. The van der Waals surface area contributed by atoms with Gasteiger partial charge in [-0.2, -0.15) is 0 Å². The summed E-state index contributed by atoms with van der Waals surface area (Å²) < 4.78 is 0. The molecule has 8 atom stereocenters. The Morgan fingerprint density at radius 3 is 2.50 bits per heavy atom. The van der Waals surface area contributed by atoms with Crippen molar-refractivity contribution in [2.45, 2.75) is 77.9 Å². The predicted octanol–water partition coefficient (Wildman–Crippen LogP) is 3.28. The van der Waals surface area contributed by atoms with Gasteiger partial charge in [0.05, 0.1) is 18.8 Å². The number of aliphatic hydroxyl groups excluding tert-OH is 3. The first kappa shape index (κ1) is 17.1. The maximum atomic E-state index is 10.4. The fraction of sp³-hybridized carbons (Fsp3) is 0.905. The Kier molecular flexibility index (Phi) is 3.77. The highest BCUT2D eigenvalue weighted by Crippen LogP contribution is 2.68. The SMILES string of the molecule is CC1(CO)C=C2C[C@@H](O)CC[C@]2(C)C2CC[C@]3(C)C[C@H](O)CC3C21. The monoisotopic (exact) mass is 334 g/mol. The Hall–Kier alpha value is -0.380. The standard InChI is InChI=1S/C21H34O3/c1-19-6-5-16-18(17(19)9-15(24)11-19)20(2,12-22)10-13-8-14(23)4-7-21(13,16)3/h10,14-18,22-24H,4-9,11-12H2,1-3H3/t14-,15+,16?,17?,18?,19+,20?,21-/m0/s1. The highest BCUT2D eigenvalue weighted by Gasteiger charge is 2.62. The lowest BCUT2D eigenvalue weighted by Gasteiger charge is -2.62.